The number of nitrogens with zero attached hydrogens (tertiary/aromatic N) is 1. The van der Waals surface area contributed by atoms with Gasteiger partial charge in [0.1, 0.15) is 0 Å². The lowest BCUT2D eigenvalue weighted by Crippen LogP contribution is -2.36. The molecule has 0 unspecified atom stereocenters. The van der Waals surface area contributed by atoms with E-state index >= 15 is 0 Å². The van der Waals surface area contributed by atoms with Crippen LogP contribution in [-0.2, 0) is 25.0 Å². The van der Waals surface area contributed by atoms with Gasteiger partial charge >= 0.3 is 0 Å². The number of anilines is 1. The highest BCUT2D eigenvalue weighted by Crippen LogP contribution is 2.44. The van der Waals surface area contributed by atoms with Gasteiger partial charge in [-0.2, -0.15) is 0 Å². The Bertz CT molecular complexity index is 796. The predicted molar refractivity (Wildman–Crippen MR) is 96.4 cm³/mol. The second-order valence-corrected chi connectivity index (χ2v) is 9.06. The minimum Gasteiger partial charge on any atom is -0.377 e. The molecule has 1 atom stereocenters. The standard InChI is InChI=1S/C18H26N2O4S/c1-5-20-16-12(2)9-14(10-15(16)18(3,4)17(20)21)25(22,23)19-11-13-7-6-8-24-13/h9-10,13,19H,5-8,11H2,1-4H3/t13-/m0/s1. The smallest absolute Gasteiger partial charge is 0.240 e. The quantitative estimate of drug-likeness (QED) is 0.866. The third kappa shape index (κ3) is 3.09. The third-order valence-electron chi connectivity index (χ3n) is 5.15. The van der Waals surface area contributed by atoms with Gasteiger partial charge in [0.25, 0.3) is 0 Å². The number of nitrogens with one attached hydrogen (secondary N) is 1. The van der Waals surface area contributed by atoms with Crippen LogP contribution in [0, 0.1) is 6.92 Å². The van der Waals surface area contributed by atoms with Crippen LogP contribution in [-0.4, -0.2) is 40.1 Å². The second-order valence-electron chi connectivity index (χ2n) is 7.30. The molecule has 2 heterocycles. The average Bonchev–Trinajstić information content (AvgIpc) is 3.13. The van der Waals surface area contributed by atoms with Crippen molar-refractivity contribution in [2.75, 3.05) is 24.6 Å². The molecule has 2 aliphatic rings. The second kappa shape index (κ2) is 6.37. The number of amides is 1. The number of rotatable bonds is 5. The summed E-state index contributed by atoms with van der Waals surface area (Å²) in [5.74, 6) is 0.00922. The largest absolute Gasteiger partial charge is 0.377 e. The van der Waals surface area contributed by atoms with Gasteiger partial charge in [-0.3, -0.25) is 4.79 Å². The molecule has 1 saturated heterocycles. The summed E-state index contributed by atoms with van der Waals surface area (Å²) in [6.45, 7) is 9.01. The van der Waals surface area contributed by atoms with Crippen molar-refractivity contribution in [1.82, 2.24) is 4.72 Å². The van der Waals surface area contributed by atoms with E-state index in [9.17, 15) is 13.2 Å². The summed E-state index contributed by atoms with van der Waals surface area (Å²) in [5.41, 5.74) is 1.69. The van der Waals surface area contributed by atoms with Crippen LogP contribution < -0.4 is 9.62 Å². The Morgan fingerprint density at radius 2 is 2.08 bits per heavy atom. The van der Waals surface area contributed by atoms with Crippen molar-refractivity contribution in [1.29, 1.82) is 0 Å². The molecule has 1 amide bonds. The molecule has 138 valence electrons. The fourth-order valence-corrected chi connectivity index (χ4v) is 4.86. The zero-order chi connectivity index (χ0) is 18.4. The third-order valence-corrected chi connectivity index (χ3v) is 6.55. The monoisotopic (exact) mass is 366 g/mol. The van der Waals surface area contributed by atoms with Crippen LogP contribution in [0.1, 0.15) is 44.7 Å². The van der Waals surface area contributed by atoms with Crippen LogP contribution in [0.3, 0.4) is 0 Å². The van der Waals surface area contributed by atoms with E-state index in [1.165, 1.54) is 0 Å². The van der Waals surface area contributed by atoms with Gasteiger partial charge in [-0.05, 0) is 63.8 Å². The minimum absolute atomic E-state index is 0.00922. The Morgan fingerprint density at radius 1 is 1.36 bits per heavy atom. The van der Waals surface area contributed by atoms with E-state index in [0.717, 1.165) is 29.7 Å². The zero-order valence-electron chi connectivity index (χ0n) is 15.3. The van der Waals surface area contributed by atoms with Crippen LogP contribution in [0.2, 0.25) is 0 Å². The van der Waals surface area contributed by atoms with Gasteiger partial charge in [0.15, 0.2) is 0 Å². The average molecular weight is 366 g/mol. The molecule has 0 aliphatic carbocycles. The maximum absolute atomic E-state index is 12.7. The Morgan fingerprint density at radius 3 is 2.68 bits per heavy atom. The summed E-state index contributed by atoms with van der Waals surface area (Å²) >= 11 is 0. The van der Waals surface area contributed by atoms with E-state index < -0.39 is 15.4 Å². The fraction of sp³-hybridized carbons (Fsp3) is 0.611. The molecule has 2 aliphatic heterocycles. The first-order valence-electron chi connectivity index (χ1n) is 8.77. The highest BCUT2D eigenvalue weighted by atomic mass is 32.2. The minimum atomic E-state index is -3.64. The summed E-state index contributed by atoms with van der Waals surface area (Å²) < 4.78 is 33.6. The maximum Gasteiger partial charge on any atom is 0.240 e. The van der Waals surface area contributed by atoms with Gasteiger partial charge < -0.3 is 9.64 Å². The van der Waals surface area contributed by atoms with E-state index in [4.69, 9.17) is 4.74 Å². The van der Waals surface area contributed by atoms with Crippen molar-refractivity contribution in [2.24, 2.45) is 0 Å². The molecule has 6 nitrogen and oxygen atoms in total. The van der Waals surface area contributed by atoms with E-state index in [2.05, 4.69) is 4.72 Å². The molecule has 0 spiro atoms. The number of fused-ring (bicyclic) bond motifs is 1. The fourth-order valence-electron chi connectivity index (χ4n) is 3.68. The van der Waals surface area contributed by atoms with Crippen molar-refractivity contribution in [2.45, 2.75) is 57.0 Å². The van der Waals surface area contributed by atoms with Crippen molar-refractivity contribution in [3.8, 4) is 0 Å². The summed E-state index contributed by atoms with van der Waals surface area (Å²) in [5, 5.41) is 0. The number of carbonyl (C=O) groups excluding carboxylic acids is 1. The number of carbonyl (C=O) groups is 1. The number of ether oxygens (including phenoxy) is 1. The highest BCUT2D eigenvalue weighted by Gasteiger charge is 2.44. The summed E-state index contributed by atoms with van der Waals surface area (Å²) in [7, 11) is -3.64. The first kappa shape index (κ1) is 18.4. The van der Waals surface area contributed by atoms with Gasteiger partial charge in [-0.1, -0.05) is 0 Å². The topological polar surface area (TPSA) is 75.7 Å². The number of sulfonamides is 1. The lowest BCUT2D eigenvalue weighted by molar-refractivity contribution is -0.122. The van der Waals surface area contributed by atoms with Crippen LogP contribution in [0.4, 0.5) is 5.69 Å². The zero-order valence-corrected chi connectivity index (χ0v) is 16.1. The van der Waals surface area contributed by atoms with E-state index in [1.807, 2.05) is 27.7 Å². The summed E-state index contributed by atoms with van der Waals surface area (Å²) in [6.07, 6.45) is 1.78. The number of benzene rings is 1. The molecule has 1 aromatic carbocycles. The molecular formula is C18H26N2O4S. The molecule has 7 heteroatoms. The molecule has 1 fully saturated rings. The Labute approximate surface area is 149 Å². The number of hydrogen-bond donors (Lipinski definition) is 1. The first-order valence-corrected chi connectivity index (χ1v) is 10.2. The van der Waals surface area contributed by atoms with Gasteiger partial charge in [0, 0.05) is 19.7 Å². The van der Waals surface area contributed by atoms with Gasteiger partial charge in [-0.25, -0.2) is 13.1 Å². The molecule has 1 aromatic rings. The predicted octanol–water partition coefficient (Wildman–Crippen LogP) is 2.10. The van der Waals surface area contributed by atoms with Gasteiger partial charge in [0.2, 0.25) is 15.9 Å². The molecule has 0 bridgehead atoms. The van der Waals surface area contributed by atoms with Crippen LogP contribution in [0.25, 0.3) is 0 Å². The molecule has 0 aromatic heterocycles. The Kier molecular flexibility index (Phi) is 4.68. The van der Waals surface area contributed by atoms with Gasteiger partial charge in [-0.15, -0.1) is 0 Å². The maximum atomic E-state index is 12.7. The van der Waals surface area contributed by atoms with Crippen molar-refractivity contribution in [3.63, 3.8) is 0 Å². The van der Waals surface area contributed by atoms with Crippen LogP contribution in [0.5, 0.6) is 0 Å². The normalized spacial score (nSPS) is 22.5. The molecule has 25 heavy (non-hydrogen) atoms. The molecule has 1 N–H and O–H groups in total. The molecule has 3 rings (SSSR count). The van der Waals surface area contributed by atoms with Gasteiger partial charge in [0.05, 0.1) is 22.1 Å². The lowest BCUT2D eigenvalue weighted by atomic mass is 9.85. The lowest BCUT2D eigenvalue weighted by Gasteiger charge is -2.18. The number of hydrogen-bond acceptors (Lipinski definition) is 4. The van der Waals surface area contributed by atoms with E-state index in [0.29, 0.717) is 13.2 Å². The molecule has 0 saturated carbocycles. The Balaban J connectivity index is 1.95. The van der Waals surface area contributed by atoms with E-state index in [-0.39, 0.29) is 23.5 Å². The van der Waals surface area contributed by atoms with Crippen LogP contribution >= 0.6 is 0 Å². The van der Waals surface area contributed by atoms with Crippen molar-refractivity contribution < 1.29 is 17.9 Å². The van der Waals surface area contributed by atoms with E-state index in [1.54, 1.807) is 17.0 Å². The molecular weight excluding hydrogens is 340 g/mol. The van der Waals surface area contributed by atoms with Crippen molar-refractivity contribution in [3.05, 3.63) is 23.3 Å². The first-order chi connectivity index (χ1) is 11.7. The summed E-state index contributed by atoms with van der Waals surface area (Å²) in [4.78, 5) is 14.6. The SMILES string of the molecule is CCN1C(=O)C(C)(C)c2cc(S(=O)(=O)NC[C@@H]3CCCO3)cc(C)c21. The number of likely N-dealkylation sites (N-methyl/N-ethyl adjacent to an activating group) is 1. The van der Waals surface area contributed by atoms with Crippen molar-refractivity contribution >= 4 is 21.6 Å². The summed E-state index contributed by atoms with van der Waals surface area (Å²) in [6, 6.07) is 3.29. The van der Waals surface area contributed by atoms with Crippen LogP contribution in [0.15, 0.2) is 17.0 Å². The Hall–Kier alpha value is -1.44. The highest BCUT2D eigenvalue weighted by molar-refractivity contribution is 7.89. The number of aryl methyl sites for hydroxylation is 1. The molecule has 0 radical (unpaired) electrons.